The van der Waals surface area contributed by atoms with Crippen molar-refractivity contribution in [2.24, 2.45) is 11.3 Å². The van der Waals surface area contributed by atoms with Crippen molar-refractivity contribution in [3.63, 3.8) is 0 Å². The maximum atomic E-state index is 17.3. The van der Waals surface area contributed by atoms with Crippen molar-refractivity contribution in [1.29, 1.82) is 0 Å². The minimum absolute atomic E-state index is 0.000921. The van der Waals surface area contributed by atoms with E-state index < -0.39 is 29.0 Å². The third-order valence-electron chi connectivity index (χ3n) is 12.3. The minimum Gasteiger partial charge on any atom is -0.508 e. The first kappa shape index (κ1) is 39.3. The molecule has 2 saturated carbocycles. The lowest BCUT2D eigenvalue weighted by Crippen LogP contribution is -2.59. The van der Waals surface area contributed by atoms with Crippen molar-refractivity contribution in [3.8, 4) is 41.2 Å². The molecule has 304 valence electrons. The Morgan fingerprint density at radius 2 is 1.82 bits per heavy atom. The fraction of sp³-hybridized carbons (Fsp3) is 0.537. The van der Waals surface area contributed by atoms with Crippen LogP contribution in [0.4, 0.5) is 27.8 Å². The lowest BCUT2D eigenvalue weighted by Gasteiger charge is -2.51. The predicted octanol–water partition coefficient (Wildman–Crippen LogP) is 6.12. The van der Waals surface area contributed by atoms with Gasteiger partial charge in [-0.2, -0.15) is 23.1 Å². The number of hydrogen-bond acceptors (Lipinski definition) is 11. The highest BCUT2D eigenvalue weighted by atomic mass is 19.4. The summed E-state index contributed by atoms with van der Waals surface area (Å²) in [4.78, 5) is 17.9. The van der Waals surface area contributed by atoms with E-state index >= 15 is 8.78 Å². The number of benzene rings is 2. The highest BCUT2D eigenvalue weighted by Gasteiger charge is 2.61. The number of piperidine rings is 1. The van der Waals surface area contributed by atoms with E-state index in [0.717, 1.165) is 44.7 Å². The number of phenolic OH excluding ortho intramolecular Hbond substituents is 1. The Morgan fingerprint density at radius 1 is 1.05 bits per heavy atom. The average Bonchev–Trinajstić information content (AvgIpc) is 3.50. The Morgan fingerprint density at radius 3 is 2.56 bits per heavy atom. The molecule has 0 unspecified atom stereocenters. The molecule has 0 bridgehead atoms. The molecule has 11 nitrogen and oxygen atoms in total. The van der Waals surface area contributed by atoms with E-state index in [9.17, 15) is 28.5 Å². The number of pyridine rings is 1. The van der Waals surface area contributed by atoms with Gasteiger partial charge in [0.1, 0.15) is 39.6 Å². The average molecular weight is 798 g/mol. The molecule has 57 heavy (non-hydrogen) atoms. The van der Waals surface area contributed by atoms with Gasteiger partial charge in [-0.05, 0) is 81.5 Å². The summed E-state index contributed by atoms with van der Waals surface area (Å²) in [5, 5.41) is 32.5. The maximum Gasteiger partial charge on any atom is 0.417 e. The van der Waals surface area contributed by atoms with Crippen LogP contribution >= 0.6 is 0 Å². The van der Waals surface area contributed by atoms with Crippen LogP contribution < -0.4 is 14.4 Å². The van der Waals surface area contributed by atoms with E-state index in [1.807, 2.05) is 0 Å². The van der Waals surface area contributed by atoms with Crippen molar-refractivity contribution in [1.82, 2.24) is 19.9 Å². The molecule has 3 N–H and O–H groups in total. The highest BCUT2D eigenvalue weighted by Crippen LogP contribution is 2.52. The molecule has 2 aliphatic carbocycles. The van der Waals surface area contributed by atoms with Gasteiger partial charge >= 0.3 is 12.2 Å². The number of rotatable bonds is 8. The number of methoxy groups -OCH3 is 1. The van der Waals surface area contributed by atoms with E-state index in [4.69, 9.17) is 25.6 Å². The molecule has 3 atom stereocenters. The van der Waals surface area contributed by atoms with Crippen LogP contribution in [0, 0.1) is 35.3 Å². The summed E-state index contributed by atoms with van der Waals surface area (Å²) in [6.07, 6.45) is 4.51. The summed E-state index contributed by atoms with van der Waals surface area (Å²) in [5.74, 6) is 0.218. The molecule has 4 aliphatic rings. The second-order valence-electron chi connectivity index (χ2n) is 16.4. The Balaban J connectivity index is 1.20. The summed E-state index contributed by atoms with van der Waals surface area (Å²) < 4.78 is 90.4. The summed E-state index contributed by atoms with van der Waals surface area (Å²) in [6, 6.07) is 5.05. The number of anilines is 1. The van der Waals surface area contributed by atoms with Crippen LogP contribution in [0.25, 0.3) is 32.9 Å². The second-order valence-corrected chi connectivity index (χ2v) is 16.4. The van der Waals surface area contributed by atoms with Crippen molar-refractivity contribution in [2.75, 3.05) is 58.0 Å². The van der Waals surface area contributed by atoms with Crippen molar-refractivity contribution in [3.05, 3.63) is 41.5 Å². The van der Waals surface area contributed by atoms with Crippen LogP contribution in [0.15, 0.2) is 24.3 Å². The van der Waals surface area contributed by atoms with Crippen LogP contribution in [0.3, 0.4) is 0 Å². The number of likely N-dealkylation sites (tertiary alicyclic amines) is 1. The number of nitrogens with zero attached hydrogens (tertiary/aromatic N) is 5. The van der Waals surface area contributed by atoms with Gasteiger partial charge in [0, 0.05) is 35.5 Å². The molecule has 0 amide bonds. The number of alkyl halides is 3. The van der Waals surface area contributed by atoms with Gasteiger partial charge in [0.05, 0.1) is 39.0 Å². The molecule has 2 aromatic carbocycles. The molecule has 2 aliphatic heterocycles. The fourth-order valence-corrected chi connectivity index (χ4v) is 9.69. The van der Waals surface area contributed by atoms with Gasteiger partial charge in [0.2, 0.25) is 5.88 Å². The fourth-order valence-electron chi connectivity index (χ4n) is 9.69. The number of ether oxygens (including phenoxy) is 3. The van der Waals surface area contributed by atoms with Crippen LogP contribution in [-0.4, -0.2) is 112 Å². The number of aromatic hydroxyl groups is 1. The first-order valence-electron chi connectivity index (χ1n) is 19.1. The molecule has 16 heteroatoms. The topological polar surface area (TPSA) is 134 Å². The minimum atomic E-state index is -4.66. The summed E-state index contributed by atoms with van der Waals surface area (Å²) >= 11 is 0. The number of aromatic nitrogens is 3. The molecule has 8 rings (SSSR count). The zero-order valence-corrected chi connectivity index (χ0v) is 31.6. The molecule has 0 radical (unpaired) electrons. The predicted molar refractivity (Wildman–Crippen MR) is 200 cm³/mol. The standard InChI is InChI=1S/C41H44F5N5O6/c1-4-26-28(42)9-8-24-15-25(52)16-27(30(24)26)33-32(43)34-31(36(47-33)55-3)35(51-13-14-56-21-38(2,53)20-51)49-37(48-34)57-22-39-10-5-7-29(39)50(12-6-11-39)19-23-17-40(54,18-23)41(44,45)46/h1,8-9,15-16,23,29,52-54H,5-7,10-14,17-22H2,2-3H3/t23?,29-,38+,39-,40?/m1/s1. The third-order valence-corrected chi connectivity index (χ3v) is 12.3. The van der Waals surface area contributed by atoms with Crippen molar-refractivity contribution < 1.29 is 51.5 Å². The van der Waals surface area contributed by atoms with E-state index in [0.29, 0.717) is 11.9 Å². The Kier molecular flexibility index (Phi) is 9.90. The Hall–Kier alpha value is -4.56. The molecule has 4 heterocycles. The first-order valence-corrected chi connectivity index (χ1v) is 19.1. The van der Waals surface area contributed by atoms with Gasteiger partial charge in [0.25, 0.3) is 0 Å². The maximum absolute atomic E-state index is 17.3. The van der Waals surface area contributed by atoms with Gasteiger partial charge in [0.15, 0.2) is 11.4 Å². The van der Waals surface area contributed by atoms with Crippen molar-refractivity contribution >= 4 is 27.5 Å². The van der Waals surface area contributed by atoms with E-state index in [1.165, 1.54) is 25.3 Å². The van der Waals surface area contributed by atoms with Crippen LogP contribution in [0.5, 0.6) is 17.6 Å². The van der Waals surface area contributed by atoms with Crippen LogP contribution in [-0.2, 0) is 4.74 Å². The lowest BCUT2D eigenvalue weighted by molar-refractivity contribution is -0.300. The second kappa shape index (κ2) is 14.4. The monoisotopic (exact) mass is 797 g/mol. The van der Waals surface area contributed by atoms with Gasteiger partial charge in [-0.1, -0.05) is 18.4 Å². The molecule has 4 fully saturated rings. The molecular formula is C41H44F5N5O6. The van der Waals surface area contributed by atoms with Gasteiger partial charge in [-0.15, -0.1) is 6.42 Å². The number of halogens is 5. The molecular weight excluding hydrogens is 753 g/mol. The Labute approximate surface area is 325 Å². The SMILES string of the molecule is C#Cc1c(F)ccc2cc(O)cc(-c3nc(OC)c4c(N5CCOC[C@@](C)(O)C5)nc(OC[C@]56CCC[C@H]5N(CC5CC(O)(C(F)(F)F)C5)CCC6)nc4c3F)c12. The number of β-amino-alcohol motifs (C(OH)–C–C–N with tert-alkyl or cyclic N) is 1. The summed E-state index contributed by atoms with van der Waals surface area (Å²) in [7, 11) is 1.34. The number of fused-ring (bicyclic) bond motifs is 3. The smallest absolute Gasteiger partial charge is 0.417 e. The molecule has 2 saturated heterocycles. The summed E-state index contributed by atoms with van der Waals surface area (Å²) in [5.41, 5.74) is -5.05. The van der Waals surface area contributed by atoms with E-state index in [-0.39, 0.29) is 120 Å². The first-order chi connectivity index (χ1) is 27.0. The summed E-state index contributed by atoms with van der Waals surface area (Å²) in [6.45, 7) is 3.46. The van der Waals surface area contributed by atoms with E-state index in [2.05, 4.69) is 20.8 Å². The highest BCUT2D eigenvalue weighted by molar-refractivity contribution is 6.04. The molecule has 0 spiro atoms. The number of hydrogen-bond donors (Lipinski definition) is 3. The zero-order chi connectivity index (χ0) is 40.5. The largest absolute Gasteiger partial charge is 0.508 e. The molecule has 4 aromatic rings. The third kappa shape index (κ3) is 6.96. The van der Waals surface area contributed by atoms with E-state index in [1.54, 1.807) is 11.8 Å². The van der Waals surface area contributed by atoms with Crippen molar-refractivity contribution in [2.45, 2.75) is 75.3 Å². The van der Waals surface area contributed by atoms with Gasteiger partial charge in [-0.3, -0.25) is 4.90 Å². The number of phenols is 1. The van der Waals surface area contributed by atoms with Crippen LogP contribution in [0.1, 0.15) is 57.4 Å². The Bertz CT molecular complexity index is 2260. The number of terminal acetylenes is 1. The quantitative estimate of drug-likeness (QED) is 0.141. The molecule has 2 aromatic heterocycles. The zero-order valence-electron chi connectivity index (χ0n) is 31.6. The lowest BCUT2D eigenvalue weighted by atomic mass is 9.69. The van der Waals surface area contributed by atoms with Gasteiger partial charge in [-0.25, -0.2) is 13.8 Å². The number of aliphatic hydroxyl groups is 2. The normalized spacial score (nSPS) is 28.2. The van der Waals surface area contributed by atoms with Gasteiger partial charge < -0.3 is 34.4 Å². The van der Waals surface area contributed by atoms with Crippen LogP contribution in [0.2, 0.25) is 0 Å².